The van der Waals surface area contributed by atoms with Crippen LogP contribution in [-0.2, 0) is 16.1 Å². The molecule has 0 amide bonds. The first-order chi connectivity index (χ1) is 8.02. The Morgan fingerprint density at radius 2 is 2.18 bits per heavy atom. The Balaban J connectivity index is 2.55. The predicted molar refractivity (Wildman–Crippen MR) is 68.8 cm³/mol. The lowest BCUT2D eigenvalue weighted by Gasteiger charge is -2.10. The molecule has 1 rings (SSSR count). The van der Waals surface area contributed by atoms with Gasteiger partial charge in [0.25, 0.3) is 0 Å². The fourth-order valence-electron chi connectivity index (χ4n) is 1.22. The van der Waals surface area contributed by atoms with Crippen molar-refractivity contribution >= 4 is 21.9 Å². The summed E-state index contributed by atoms with van der Waals surface area (Å²) in [5.41, 5.74) is 6.50. The lowest BCUT2D eigenvalue weighted by Crippen LogP contribution is -2.18. The van der Waals surface area contributed by atoms with Crippen molar-refractivity contribution in [3.63, 3.8) is 0 Å². The third-order valence-electron chi connectivity index (χ3n) is 1.94. The smallest absolute Gasteiger partial charge is 0.344 e. The Morgan fingerprint density at radius 3 is 2.71 bits per heavy atom. The van der Waals surface area contributed by atoms with Gasteiger partial charge in [-0.3, -0.25) is 0 Å². The fraction of sp³-hybridized carbons (Fsp3) is 0.417. The normalized spacial score (nSPS) is 10.4. The maximum absolute atomic E-state index is 11.3. The van der Waals surface area contributed by atoms with E-state index in [4.69, 9.17) is 15.2 Å². The highest BCUT2D eigenvalue weighted by Gasteiger charge is 2.08. The highest BCUT2D eigenvalue weighted by atomic mass is 79.9. The first-order valence-electron chi connectivity index (χ1n) is 5.33. The lowest BCUT2D eigenvalue weighted by molar-refractivity contribution is -0.149. The molecule has 0 atom stereocenters. The van der Waals surface area contributed by atoms with Gasteiger partial charge in [0.05, 0.1) is 10.6 Å². The molecule has 0 unspecified atom stereocenters. The number of hydrogen-bond acceptors (Lipinski definition) is 4. The van der Waals surface area contributed by atoms with Crippen LogP contribution in [0.25, 0.3) is 0 Å². The monoisotopic (exact) mass is 301 g/mol. The minimum atomic E-state index is -0.380. The van der Waals surface area contributed by atoms with Gasteiger partial charge in [0.15, 0.2) is 6.61 Å². The van der Waals surface area contributed by atoms with E-state index in [1.165, 1.54) is 0 Å². The van der Waals surface area contributed by atoms with Crippen molar-refractivity contribution < 1.29 is 14.3 Å². The maximum Gasteiger partial charge on any atom is 0.344 e. The highest BCUT2D eigenvalue weighted by molar-refractivity contribution is 9.10. The molecule has 0 fully saturated rings. The molecule has 0 saturated carbocycles. The van der Waals surface area contributed by atoms with Crippen molar-refractivity contribution in [2.45, 2.75) is 26.5 Å². The number of carbonyl (C=O) groups is 1. The van der Waals surface area contributed by atoms with Crippen LogP contribution in [0.2, 0.25) is 0 Å². The van der Waals surface area contributed by atoms with Crippen molar-refractivity contribution in [2.24, 2.45) is 5.73 Å². The standard InChI is InChI=1S/C12H16BrNO3/c1-8(2)17-12(15)7-16-11-4-3-9(6-14)5-10(11)13/h3-5,8H,6-7,14H2,1-2H3. The van der Waals surface area contributed by atoms with Gasteiger partial charge in [-0.1, -0.05) is 6.07 Å². The van der Waals surface area contributed by atoms with Gasteiger partial charge in [-0.2, -0.15) is 0 Å². The van der Waals surface area contributed by atoms with Crippen LogP contribution >= 0.6 is 15.9 Å². The third kappa shape index (κ3) is 4.75. The molecule has 94 valence electrons. The second-order valence-corrected chi connectivity index (χ2v) is 4.65. The predicted octanol–water partition coefficient (Wildman–Crippen LogP) is 2.24. The van der Waals surface area contributed by atoms with E-state index in [0.717, 1.165) is 10.0 Å². The zero-order chi connectivity index (χ0) is 12.8. The van der Waals surface area contributed by atoms with Gasteiger partial charge >= 0.3 is 5.97 Å². The minimum Gasteiger partial charge on any atom is -0.481 e. The molecule has 17 heavy (non-hydrogen) atoms. The third-order valence-corrected chi connectivity index (χ3v) is 2.56. The SMILES string of the molecule is CC(C)OC(=O)COc1ccc(CN)cc1Br. The van der Waals surface area contributed by atoms with E-state index >= 15 is 0 Å². The molecule has 0 heterocycles. The second-order valence-electron chi connectivity index (χ2n) is 3.80. The number of halogens is 1. The number of ether oxygens (including phenoxy) is 2. The number of carbonyl (C=O) groups excluding carboxylic acids is 1. The Hall–Kier alpha value is -1.07. The largest absolute Gasteiger partial charge is 0.481 e. The average molecular weight is 302 g/mol. The van der Waals surface area contributed by atoms with Gasteiger partial charge in [0.2, 0.25) is 0 Å². The maximum atomic E-state index is 11.3. The quantitative estimate of drug-likeness (QED) is 0.847. The summed E-state index contributed by atoms with van der Waals surface area (Å²) in [5.74, 6) is 0.220. The molecule has 0 saturated heterocycles. The summed E-state index contributed by atoms with van der Waals surface area (Å²) in [6, 6.07) is 5.49. The van der Waals surface area contributed by atoms with E-state index < -0.39 is 0 Å². The Labute approximate surface area is 109 Å². The van der Waals surface area contributed by atoms with Crippen LogP contribution in [0.5, 0.6) is 5.75 Å². The molecule has 4 nitrogen and oxygen atoms in total. The van der Waals surface area contributed by atoms with Gasteiger partial charge in [-0.05, 0) is 47.5 Å². The molecule has 0 aliphatic heterocycles. The van der Waals surface area contributed by atoms with Gasteiger partial charge < -0.3 is 15.2 Å². The number of esters is 1. The summed E-state index contributed by atoms with van der Waals surface area (Å²) in [6.07, 6.45) is -0.130. The molecule has 2 N–H and O–H groups in total. The van der Waals surface area contributed by atoms with E-state index in [-0.39, 0.29) is 18.7 Å². The second kappa shape index (κ2) is 6.61. The molecule has 1 aromatic carbocycles. The van der Waals surface area contributed by atoms with Crippen molar-refractivity contribution in [3.8, 4) is 5.75 Å². The highest BCUT2D eigenvalue weighted by Crippen LogP contribution is 2.25. The van der Waals surface area contributed by atoms with Crippen molar-refractivity contribution in [1.29, 1.82) is 0 Å². The van der Waals surface area contributed by atoms with Gasteiger partial charge in [0.1, 0.15) is 5.75 Å². The van der Waals surface area contributed by atoms with Crippen LogP contribution in [0, 0.1) is 0 Å². The van der Waals surface area contributed by atoms with Gasteiger partial charge in [0, 0.05) is 6.54 Å². The molecule has 0 bridgehead atoms. The molecule has 0 radical (unpaired) electrons. The summed E-state index contributed by atoms with van der Waals surface area (Å²) in [5, 5.41) is 0. The van der Waals surface area contributed by atoms with Crippen LogP contribution < -0.4 is 10.5 Å². The topological polar surface area (TPSA) is 61.5 Å². The summed E-state index contributed by atoms with van der Waals surface area (Å²) in [4.78, 5) is 11.3. The Morgan fingerprint density at radius 1 is 1.47 bits per heavy atom. The van der Waals surface area contributed by atoms with E-state index in [2.05, 4.69) is 15.9 Å². The zero-order valence-corrected chi connectivity index (χ0v) is 11.5. The van der Waals surface area contributed by atoms with Crippen LogP contribution in [0.1, 0.15) is 19.4 Å². The van der Waals surface area contributed by atoms with Crippen LogP contribution in [0.3, 0.4) is 0 Å². The van der Waals surface area contributed by atoms with Crippen molar-refractivity contribution in [3.05, 3.63) is 28.2 Å². The lowest BCUT2D eigenvalue weighted by atomic mass is 10.2. The van der Waals surface area contributed by atoms with E-state index in [9.17, 15) is 4.79 Å². The Bertz CT molecular complexity index is 393. The zero-order valence-electron chi connectivity index (χ0n) is 9.90. The van der Waals surface area contributed by atoms with E-state index in [1.54, 1.807) is 19.9 Å². The summed E-state index contributed by atoms with van der Waals surface area (Å²) in [7, 11) is 0. The summed E-state index contributed by atoms with van der Waals surface area (Å²) in [6.45, 7) is 3.96. The molecular weight excluding hydrogens is 286 g/mol. The fourth-order valence-corrected chi connectivity index (χ4v) is 1.76. The van der Waals surface area contributed by atoms with E-state index in [1.807, 2.05) is 12.1 Å². The number of nitrogens with two attached hydrogens (primary N) is 1. The first-order valence-corrected chi connectivity index (χ1v) is 6.13. The van der Waals surface area contributed by atoms with Crippen LogP contribution in [-0.4, -0.2) is 18.7 Å². The minimum absolute atomic E-state index is 0.0985. The molecule has 0 aliphatic rings. The molecule has 1 aromatic rings. The van der Waals surface area contributed by atoms with Gasteiger partial charge in [-0.25, -0.2) is 4.79 Å². The molecule has 0 aliphatic carbocycles. The molecule has 5 heteroatoms. The first kappa shape index (κ1) is 14.0. The number of hydrogen-bond donors (Lipinski definition) is 1. The van der Waals surface area contributed by atoms with Gasteiger partial charge in [-0.15, -0.1) is 0 Å². The summed E-state index contributed by atoms with van der Waals surface area (Å²) < 4.78 is 11.1. The molecular formula is C12H16BrNO3. The van der Waals surface area contributed by atoms with Crippen LogP contribution in [0.4, 0.5) is 0 Å². The number of rotatable bonds is 5. The average Bonchev–Trinajstić information content (AvgIpc) is 2.26. The number of benzene rings is 1. The molecule has 0 spiro atoms. The van der Waals surface area contributed by atoms with Crippen molar-refractivity contribution in [1.82, 2.24) is 0 Å². The van der Waals surface area contributed by atoms with Crippen molar-refractivity contribution in [2.75, 3.05) is 6.61 Å². The summed E-state index contributed by atoms with van der Waals surface area (Å²) >= 11 is 3.36. The van der Waals surface area contributed by atoms with E-state index in [0.29, 0.717) is 12.3 Å². The Kier molecular flexibility index (Phi) is 5.44. The molecule has 0 aromatic heterocycles. The van der Waals surface area contributed by atoms with Crippen LogP contribution in [0.15, 0.2) is 22.7 Å².